The molecule has 3 N–H and O–H groups in total. The molecule has 1 aromatic carbocycles. The molecule has 35 heavy (non-hydrogen) atoms. The summed E-state index contributed by atoms with van der Waals surface area (Å²) in [6.45, 7) is 0.364. The van der Waals surface area contributed by atoms with Gasteiger partial charge in [-0.3, -0.25) is 0 Å². The molecule has 2 aliphatic carbocycles. The van der Waals surface area contributed by atoms with E-state index in [9.17, 15) is 27.2 Å². The maximum Gasteiger partial charge on any atom is 0.573 e. The van der Waals surface area contributed by atoms with Gasteiger partial charge in [0.2, 0.25) is 0 Å². The van der Waals surface area contributed by atoms with Gasteiger partial charge in [-0.2, -0.15) is 0 Å². The molecule has 2 unspecified atom stereocenters. The van der Waals surface area contributed by atoms with Gasteiger partial charge >= 0.3 is 18.4 Å². The fourth-order valence-corrected chi connectivity index (χ4v) is 4.78. The van der Waals surface area contributed by atoms with Gasteiger partial charge in [-0.1, -0.05) is 5.16 Å². The average Bonchev–Trinajstić information content (AvgIpc) is 3.68. The monoisotopic (exact) mass is 497 g/mol. The maximum absolute atomic E-state index is 13.8. The van der Waals surface area contributed by atoms with Crippen molar-refractivity contribution in [2.24, 2.45) is 11.7 Å². The van der Waals surface area contributed by atoms with Crippen molar-refractivity contribution < 1.29 is 36.4 Å². The smallest absolute Gasteiger partial charge is 0.406 e. The van der Waals surface area contributed by atoms with Crippen LogP contribution >= 0.6 is 0 Å². The third-order valence-corrected chi connectivity index (χ3v) is 6.49. The summed E-state index contributed by atoms with van der Waals surface area (Å²) in [4.78, 5) is 28.2. The van der Waals surface area contributed by atoms with Crippen LogP contribution in [0, 0.1) is 11.7 Å². The number of rotatable bonds is 6. The minimum atomic E-state index is -4.97. The number of urea groups is 2. The number of ether oxygens (including phenoxy) is 1. The summed E-state index contributed by atoms with van der Waals surface area (Å²) in [5.41, 5.74) is 5.62. The number of nitrogens with two attached hydrogens (primary N) is 1. The van der Waals surface area contributed by atoms with Crippen LogP contribution in [0.5, 0.6) is 5.75 Å². The Hall–Kier alpha value is -3.51. The summed E-state index contributed by atoms with van der Waals surface area (Å²) in [5.74, 6) is -1.07. The summed E-state index contributed by atoms with van der Waals surface area (Å²) in [7, 11) is 0. The highest BCUT2D eigenvalue weighted by Gasteiger charge is 2.52. The molecule has 1 aliphatic heterocycles. The summed E-state index contributed by atoms with van der Waals surface area (Å²) in [6, 6.07) is 3.33. The van der Waals surface area contributed by atoms with Gasteiger partial charge < -0.3 is 30.1 Å². The van der Waals surface area contributed by atoms with E-state index in [4.69, 9.17) is 10.3 Å². The molecule has 188 valence electrons. The van der Waals surface area contributed by atoms with Crippen LogP contribution in [-0.2, 0) is 6.54 Å². The van der Waals surface area contributed by atoms with Crippen LogP contribution in [0.2, 0.25) is 0 Å². The second-order valence-corrected chi connectivity index (χ2v) is 9.14. The number of aromatic nitrogens is 1. The first-order valence-electron chi connectivity index (χ1n) is 11.2. The maximum atomic E-state index is 13.8. The van der Waals surface area contributed by atoms with E-state index in [0.29, 0.717) is 18.5 Å². The third-order valence-electron chi connectivity index (χ3n) is 6.49. The zero-order valence-electron chi connectivity index (χ0n) is 18.4. The van der Waals surface area contributed by atoms with Gasteiger partial charge in [0.25, 0.3) is 0 Å². The summed E-state index contributed by atoms with van der Waals surface area (Å²) in [5, 5.41) is 6.55. The Bertz CT molecular complexity index is 1140. The molecule has 2 heterocycles. The van der Waals surface area contributed by atoms with Crippen molar-refractivity contribution >= 4 is 12.1 Å². The lowest BCUT2D eigenvalue weighted by Gasteiger charge is -2.38. The Labute approximate surface area is 197 Å². The molecule has 0 bridgehead atoms. The van der Waals surface area contributed by atoms with Crippen LogP contribution < -0.4 is 15.8 Å². The van der Waals surface area contributed by atoms with E-state index in [1.165, 1.54) is 6.07 Å². The number of piperidine rings is 1. The largest absolute Gasteiger partial charge is 0.573 e. The molecule has 4 amide bonds. The van der Waals surface area contributed by atoms with Crippen molar-refractivity contribution in [2.45, 2.75) is 56.7 Å². The predicted octanol–water partition coefficient (Wildman–Crippen LogP) is 3.59. The quantitative estimate of drug-likeness (QED) is 0.592. The molecule has 2 aromatic rings. The van der Waals surface area contributed by atoms with Crippen molar-refractivity contribution in [2.75, 3.05) is 6.54 Å². The molecule has 0 spiro atoms. The van der Waals surface area contributed by atoms with Crippen LogP contribution in [0.15, 0.2) is 28.8 Å². The summed E-state index contributed by atoms with van der Waals surface area (Å²) in [6.07, 6.45) is -1.50. The van der Waals surface area contributed by atoms with Crippen LogP contribution in [-0.4, -0.2) is 58.1 Å². The van der Waals surface area contributed by atoms with Gasteiger partial charge in [-0.05, 0) is 43.7 Å². The molecule has 13 heteroatoms. The third kappa shape index (κ3) is 5.28. The first-order valence-corrected chi connectivity index (χ1v) is 11.2. The minimum Gasteiger partial charge on any atom is -0.406 e. The first kappa shape index (κ1) is 23.2. The Kier molecular flexibility index (Phi) is 5.72. The fourth-order valence-electron chi connectivity index (χ4n) is 4.78. The molecular weight excluding hydrogens is 474 g/mol. The molecule has 3 atom stereocenters. The Morgan fingerprint density at radius 2 is 1.97 bits per heavy atom. The number of hydrogen-bond donors (Lipinski definition) is 2. The summed E-state index contributed by atoms with van der Waals surface area (Å²) >= 11 is 0. The molecule has 2 saturated carbocycles. The number of amides is 4. The van der Waals surface area contributed by atoms with Crippen molar-refractivity contribution in [3.8, 4) is 17.0 Å². The van der Waals surface area contributed by atoms with Gasteiger partial charge in [-0.15, -0.1) is 13.2 Å². The molecular formula is C22H23F4N5O4. The van der Waals surface area contributed by atoms with Gasteiger partial charge in [0.05, 0.1) is 12.6 Å². The standard InChI is InChI=1S/C22H23F4N5O4/c23-13-3-11(5-16(7-13)34-22(24,25)26)18-8-17(35-29-18)9-28-21(33)31(14-1-2-14)15-4-12-6-19(12)30(10-15)20(27)32/h3,5,7-8,12,14-15,19H,1-2,4,6,9-10H2,(H2,27,32)(H,28,33)/t12?,15-,19?/m1/s1. The Balaban J connectivity index is 1.24. The van der Waals surface area contributed by atoms with Crippen LogP contribution in [0.3, 0.4) is 0 Å². The number of fused-ring (bicyclic) bond motifs is 1. The molecule has 3 fully saturated rings. The molecule has 1 saturated heterocycles. The lowest BCUT2D eigenvalue weighted by atomic mass is 10.0. The highest BCUT2D eigenvalue weighted by molar-refractivity contribution is 5.76. The predicted molar refractivity (Wildman–Crippen MR) is 112 cm³/mol. The molecule has 0 radical (unpaired) electrons. The SMILES string of the molecule is NC(=O)N1C[C@H](N(C(=O)NCc2cc(-c3cc(F)cc(OC(F)(F)F)c3)no2)C2CC2)CC2CC21. The van der Waals surface area contributed by atoms with Crippen molar-refractivity contribution in [1.82, 2.24) is 20.3 Å². The van der Waals surface area contributed by atoms with Crippen molar-refractivity contribution in [1.29, 1.82) is 0 Å². The average molecular weight is 497 g/mol. The van der Waals surface area contributed by atoms with Gasteiger partial charge in [0, 0.05) is 36.3 Å². The van der Waals surface area contributed by atoms with Crippen LogP contribution in [0.4, 0.5) is 27.2 Å². The van der Waals surface area contributed by atoms with Gasteiger partial charge in [0.1, 0.15) is 17.3 Å². The Morgan fingerprint density at radius 3 is 2.66 bits per heavy atom. The van der Waals surface area contributed by atoms with E-state index in [2.05, 4.69) is 15.2 Å². The molecule has 9 nitrogen and oxygen atoms in total. The fraction of sp³-hybridized carbons (Fsp3) is 0.500. The first-order chi connectivity index (χ1) is 16.6. The van der Waals surface area contributed by atoms with Gasteiger partial charge in [0.15, 0.2) is 5.76 Å². The molecule has 1 aromatic heterocycles. The normalized spacial score (nSPS) is 23.4. The van der Waals surface area contributed by atoms with Gasteiger partial charge in [-0.25, -0.2) is 14.0 Å². The number of halogens is 4. The lowest BCUT2D eigenvalue weighted by Crippen LogP contribution is -2.56. The van der Waals surface area contributed by atoms with E-state index in [0.717, 1.165) is 37.8 Å². The Morgan fingerprint density at radius 1 is 1.20 bits per heavy atom. The number of nitrogens with one attached hydrogen (secondary N) is 1. The number of carbonyl (C=O) groups is 2. The number of alkyl halides is 3. The number of carbonyl (C=O) groups excluding carboxylic acids is 2. The zero-order valence-corrected chi connectivity index (χ0v) is 18.4. The van der Waals surface area contributed by atoms with Crippen LogP contribution in [0.25, 0.3) is 11.3 Å². The second kappa shape index (κ2) is 8.61. The minimum absolute atomic E-state index is 0.0259. The zero-order chi connectivity index (χ0) is 24.9. The highest BCUT2D eigenvalue weighted by Crippen LogP contribution is 2.45. The number of nitrogens with zero attached hydrogens (tertiary/aromatic N) is 3. The van der Waals surface area contributed by atoms with Crippen molar-refractivity contribution in [3.05, 3.63) is 35.8 Å². The van der Waals surface area contributed by atoms with Crippen molar-refractivity contribution in [3.63, 3.8) is 0 Å². The highest BCUT2D eigenvalue weighted by atomic mass is 19.4. The van der Waals surface area contributed by atoms with E-state index in [1.807, 2.05) is 0 Å². The number of benzene rings is 1. The second-order valence-electron chi connectivity index (χ2n) is 9.14. The van der Waals surface area contributed by atoms with Crippen LogP contribution in [0.1, 0.15) is 31.4 Å². The number of primary amides is 1. The molecule has 3 aliphatic rings. The summed E-state index contributed by atoms with van der Waals surface area (Å²) < 4.78 is 60.2. The number of hydrogen-bond acceptors (Lipinski definition) is 5. The van der Waals surface area contributed by atoms with E-state index in [1.54, 1.807) is 9.80 Å². The lowest BCUT2D eigenvalue weighted by molar-refractivity contribution is -0.274. The number of likely N-dealkylation sites (tertiary alicyclic amines) is 1. The molecule has 5 rings (SSSR count). The topological polar surface area (TPSA) is 114 Å². The van der Waals surface area contributed by atoms with E-state index < -0.39 is 24.0 Å². The van der Waals surface area contributed by atoms with E-state index in [-0.39, 0.29) is 47.7 Å². The van der Waals surface area contributed by atoms with E-state index >= 15 is 0 Å².